The van der Waals surface area contributed by atoms with Gasteiger partial charge in [0, 0.05) is 10.6 Å². The Morgan fingerprint density at radius 2 is 1.67 bits per heavy atom. The summed E-state index contributed by atoms with van der Waals surface area (Å²) in [6, 6.07) is 8.51. The van der Waals surface area contributed by atoms with Gasteiger partial charge in [0.2, 0.25) is 0 Å². The molecule has 102 valence electrons. The molecule has 0 aliphatic rings. The molecular formula is C15H25BrOSi. The van der Waals surface area contributed by atoms with Crippen LogP contribution in [0.4, 0.5) is 0 Å². The maximum atomic E-state index is 6.36. The molecule has 3 heteroatoms. The zero-order valence-corrected chi connectivity index (χ0v) is 15.0. The van der Waals surface area contributed by atoms with Gasteiger partial charge in [-0.05, 0) is 49.2 Å². The minimum absolute atomic E-state index is 0.279. The van der Waals surface area contributed by atoms with Crippen molar-refractivity contribution in [1.29, 1.82) is 0 Å². The van der Waals surface area contributed by atoms with E-state index in [1.54, 1.807) is 0 Å². The minimum atomic E-state index is -1.64. The molecule has 0 saturated carbocycles. The van der Waals surface area contributed by atoms with E-state index < -0.39 is 8.32 Å². The third kappa shape index (κ3) is 4.52. The van der Waals surface area contributed by atoms with E-state index in [4.69, 9.17) is 4.43 Å². The first-order valence-corrected chi connectivity index (χ1v) is 10.2. The quantitative estimate of drug-likeness (QED) is 0.672. The molecule has 0 radical (unpaired) electrons. The lowest BCUT2D eigenvalue weighted by atomic mass is 10.1. The predicted octanol–water partition coefficient (Wildman–Crippen LogP) is 5.40. The highest BCUT2D eigenvalue weighted by Gasteiger charge is 2.38. The van der Waals surface area contributed by atoms with E-state index in [-0.39, 0.29) is 11.1 Å². The predicted molar refractivity (Wildman–Crippen MR) is 85.6 cm³/mol. The van der Waals surface area contributed by atoms with Gasteiger partial charge in [0.1, 0.15) is 0 Å². The Kier molecular flexibility index (Phi) is 5.21. The van der Waals surface area contributed by atoms with E-state index in [9.17, 15) is 0 Å². The van der Waals surface area contributed by atoms with Crippen molar-refractivity contribution in [3.63, 3.8) is 0 Å². The van der Waals surface area contributed by atoms with E-state index in [0.29, 0.717) is 0 Å². The van der Waals surface area contributed by atoms with E-state index in [0.717, 1.165) is 10.9 Å². The third-order valence-corrected chi connectivity index (χ3v) is 8.87. The summed E-state index contributed by atoms with van der Waals surface area (Å²) in [4.78, 5) is 0. The molecule has 0 bridgehead atoms. The van der Waals surface area contributed by atoms with Gasteiger partial charge in [0.15, 0.2) is 8.32 Å². The topological polar surface area (TPSA) is 9.23 Å². The Morgan fingerprint density at radius 1 is 1.17 bits per heavy atom. The molecule has 0 spiro atoms. The Hall–Kier alpha value is -0.123. The molecule has 0 heterocycles. The summed E-state index contributed by atoms with van der Waals surface area (Å²) in [5, 5.41) is 0.279. The van der Waals surface area contributed by atoms with Crippen LogP contribution < -0.4 is 0 Å². The summed E-state index contributed by atoms with van der Waals surface area (Å²) >= 11 is 3.46. The zero-order chi connectivity index (χ0) is 14.0. The Bertz CT molecular complexity index is 378. The van der Waals surface area contributed by atoms with Gasteiger partial charge in [0.25, 0.3) is 0 Å². The van der Waals surface area contributed by atoms with Crippen LogP contribution >= 0.6 is 15.9 Å². The van der Waals surface area contributed by atoms with Crippen molar-refractivity contribution in [3.8, 4) is 0 Å². The second-order valence-electron chi connectivity index (χ2n) is 6.52. The first-order valence-electron chi connectivity index (χ1n) is 6.54. The standard InChI is InChI=1S/C15H25BrOSi/c1-12(17-18(5,6)15(2,3)4)11-13-7-9-14(16)10-8-13/h7-10,12H,11H2,1-6H3/t12-/m1/s1. The van der Waals surface area contributed by atoms with Crippen molar-refractivity contribution in [2.24, 2.45) is 0 Å². The number of halogens is 1. The third-order valence-electron chi connectivity index (χ3n) is 3.74. The van der Waals surface area contributed by atoms with Crippen molar-refractivity contribution in [2.75, 3.05) is 0 Å². The fraction of sp³-hybridized carbons (Fsp3) is 0.600. The minimum Gasteiger partial charge on any atom is -0.414 e. The van der Waals surface area contributed by atoms with Crippen molar-refractivity contribution in [1.82, 2.24) is 0 Å². The summed E-state index contributed by atoms with van der Waals surface area (Å²) in [6.07, 6.45) is 1.27. The van der Waals surface area contributed by atoms with Crippen LogP contribution in [0.15, 0.2) is 28.7 Å². The van der Waals surface area contributed by atoms with Crippen molar-refractivity contribution in [3.05, 3.63) is 34.3 Å². The fourth-order valence-corrected chi connectivity index (χ4v) is 3.38. The molecule has 0 N–H and O–H groups in total. The first kappa shape index (κ1) is 15.9. The molecule has 0 aliphatic heterocycles. The highest BCUT2D eigenvalue weighted by molar-refractivity contribution is 9.10. The highest BCUT2D eigenvalue weighted by Crippen LogP contribution is 2.37. The lowest BCUT2D eigenvalue weighted by Gasteiger charge is -2.38. The molecule has 0 amide bonds. The number of benzene rings is 1. The zero-order valence-electron chi connectivity index (χ0n) is 12.4. The molecule has 1 nitrogen and oxygen atoms in total. The molecule has 0 aromatic heterocycles. The van der Waals surface area contributed by atoms with Gasteiger partial charge in [0.05, 0.1) is 0 Å². The Labute approximate surface area is 121 Å². The van der Waals surface area contributed by atoms with Gasteiger partial charge in [-0.1, -0.05) is 48.8 Å². The van der Waals surface area contributed by atoms with Crippen LogP contribution in [0, 0.1) is 0 Å². The van der Waals surface area contributed by atoms with E-state index in [1.807, 2.05) is 0 Å². The Balaban J connectivity index is 2.62. The summed E-state index contributed by atoms with van der Waals surface area (Å²) in [5.74, 6) is 0. The van der Waals surface area contributed by atoms with Crippen molar-refractivity contribution in [2.45, 2.75) is 58.4 Å². The molecule has 1 aromatic carbocycles. The molecular weight excluding hydrogens is 304 g/mol. The molecule has 0 aliphatic carbocycles. The molecule has 0 fully saturated rings. The van der Waals surface area contributed by atoms with Gasteiger partial charge in [-0.25, -0.2) is 0 Å². The second kappa shape index (κ2) is 5.89. The number of hydrogen-bond acceptors (Lipinski definition) is 1. The van der Waals surface area contributed by atoms with Gasteiger partial charge in [-0.15, -0.1) is 0 Å². The van der Waals surface area contributed by atoms with E-state index >= 15 is 0 Å². The second-order valence-corrected chi connectivity index (χ2v) is 12.2. The van der Waals surface area contributed by atoms with Gasteiger partial charge < -0.3 is 4.43 Å². The van der Waals surface area contributed by atoms with E-state index in [2.05, 4.69) is 81.0 Å². The van der Waals surface area contributed by atoms with Crippen LogP contribution in [0.1, 0.15) is 33.3 Å². The van der Waals surface area contributed by atoms with Crippen molar-refractivity contribution >= 4 is 24.2 Å². The number of rotatable bonds is 4. The lowest BCUT2D eigenvalue weighted by molar-refractivity contribution is 0.199. The largest absolute Gasteiger partial charge is 0.414 e. The van der Waals surface area contributed by atoms with Crippen LogP contribution in [0.2, 0.25) is 18.1 Å². The van der Waals surface area contributed by atoms with Gasteiger partial charge in [-0.3, -0.25) is 0 Å². The molecule has 0 unspecified atom stereocenters. The summed E-state index contributed by atoms with van der Waals surface area (Å²) in [5.41, 5.74) is 1.34. The van der Waals surface area contributed by atoms with Crippen LogP contribution in [-0.4, -0.2) is 14.4 Å². The highest BCUT2D eigenvalue weighted by atomic mass is 79.9. The van der Waals surface area contributed by atoms with Crippen LogP contribution in [0.3, 0.4) is 0 Å². The van der Waals surface area contributed by atoms with Crippen LogP contribution in [0.5, 0.6) is 0 Å². The monoisotopic (exact) mass is 328 g/mol. The number of hydrogen-bond donors (Lipinski definition) is 0. The van der Waals surface area contributed by atoms with Crippen LogP contribution in [0.25, 0.3) is 0 Å². The van der Waals surface area contributed by atoms with Crippen molar-refractivity contribution < 1.29 is 4.43 Å². The molecule has 0 saturated heterocycles. The smallest absolute Gasteiger partial charge is 0.192 e. The maximum absolute atomic E-state index is 6.36. The fourth-order valence-electron chi connectivity index (χ4n) is 1.67. The molecule has 18 heavy (non-hydrogen) atoms. The summed E-state index contributed by atoms with van der Waals surface area (Å²) in [6.45, 7) is 13.7. The normalized spacial score (nSPS) is 14.6. The van der Waals surface area contributed by atoms with Gasteiger partial charge >= 0.3 is 0 Å². The average Bonchev–Trinajstić information content (AvgIpc) is 2.19. The molecule has 1 rings (SSSR count). The molecule has 1 atom stereocenters. The molecule has 1 aromatic rings. The van der Waals surface area contributed by atoms with Crippen LogP contribution in [-0.2, 0) is 10.8 Å². The summed E-state index contributed by atoms with van der Waals surface area (Å²) in [7, 11) is -1.64. The SMILES string of the molecule is C[C@H](Cc1ccc(Br)cc1)O[Si](C)(C)C(C)(C)C. The summed E-state index contributed by atoms with van der Waals surface area (Å²) < 4.78 is 7.49. The lowest BCUT2D eigenvalue weighted by Crippen LogP contribution is -2.43. The Morgan fingerprint density at radius 3 is 2.11 bits per heavy atom. The van der Waals surface area contributed by atoms with Gasteiger partial charge in [-0.2, -0.15) is 0 Å². The van der Waals surface area contributed by atoms with E-state index in [1.165, 1.54) is 5.56 Å². The first-order chi connectivity index (χ1) is 8.12. The maximum Gasteiger partial charge on any atom is 0.192 e. The average molecular weight is 329 g/mol.